The first kappa shape index (κ1) is 15.2. The maximum atomic E-state index is 12.9. The number of Topliss-reactive ketones (excluding diaryl/α,β-unsaturated/α-hetero) is 1. The lowest BCUT2D eigenvalue weighted by molar-refractivity contribution is -0.0153. The van der Waals surface area contributed by atoms with Crippen molar-refractivity contribution in [1.82, 2.24) is 0 Å². The number of ether oxygens (including phenoxy) is 2. The highest BCUT2D eigenvalue weighted by molar-refractivity contribution is 6.05. The Morgan fingerprint density at radius 1 is 1.09 bits per heavy atom. The van der Waals surface area contributed by atoms with E-state index in [9.17, 15) is 4.79 Å². The monoisotopic (exact) mass is 314 g/mol. The third-order valence-corrected chi connectivity index (χ3v) is 6.03. The average Bonchev–Trinajstić information content (AvgIpc) is 2.79. The second-order valence-corrected chi connectivity index (χ2v) is 7.60. The van der Waals surface area contributed by atoms with E-state index in [-0.39, 0.29) is 12.2 Å². The van der Waals surface area contributed by atoms with E-state index in [0.717, 1.165) is 43.1 Å². The Kier molecular flexibility index (Phi) is 4.14. The fourth-order valence-corrected chi connectivity index (χ4v) is 4.36. The molecule has 0 bridgehead atoms. The number of carbonyl (C=O) groups excluding carboxylic acids is 1. The van der Waals surface area contributed by atoms with E-state index < -0.39 is 0 Å². The van der Waals surface area contributed by atoms with Crippen LogP contribution in [0.15, 0.2) is 18.2 Å². The number of benzene rings is 1. The zero-order chi connectivity index (χ0) is 15.7. The number of hydrogen-bond acceptors (Lipinski definition) is 3. The van der Waals surface area contributed by atoms with E-state index >= 15 is 0 Å². The number of ketones is 1. The number of rotatable bonds is 5. The summed E-state index contributed by atoms with van der Waals surface area (Å²) in [5.74, 6) is 1.85. The molecule has 4 rings (SSSR count). The highest BCUT2D eigenvalue weighted by Gasteiger charge is 2.45. The van der Waals surface area contributed by atoms with Crippen LogP contribution >= 0.6 is 0 Å². The molecule has 3 aliphatic rings. The Morgan fingerprint density at radius 3 is 2.65 bits per heavy atom. The van der Waals surface area contributed by atoms with Gasteiger partial charge in [-0.2, -0.15) is 0 Å². The van der Waals surface area contributed by atoms with Crippen LogP contribution in [0.4, 0.5) is 0 Å². The third-order valence-electron chi connectivity index (χ3n) is 6.03. The first-order valence-electron chi connectivity index (χ1n) is 9.15. The van der Waals surface area contributed by atoms with Gasteiger partial charge < -0.3 is 9.47 Å². The van der Waals surface area contributed by atoms with Gasteiger partial charge >= 0.3 is 0 Å². The second kappa shape index (κ2) is 6.27. The van der Waals surface area contributed by atoms with Gasteiger partial charge in [-0.15, -0.1) is 0 Å². The topological polar surface area (TPSA) is 35.5 Å². The molecule has 0 amide bonds. The summed E-state index contributed by atoms with van der Waals surface area (Å²) in [4.78, 5) is 12.9. The molecule has 3 aliphatic carbocycles. The largest absolute Gasteiger partial charge is 0.468 e. The smallest absolute Gasteiger partial charge is 0.189 e. The summed E-state index contributed by atoms with van der Waals surface area (Å²) in [6, 6.07) is 6.01. The number of carbonyl (C=O) groups is 1. The van der Waals surface area contributed by atoms with E-state index in [4.69, 9.17) is 9.47 Å². The molecule has 1 spiro atoms. The Balaban J connectivity index is 1.38. The summed E-state index contributed by atoms with van der Waals surface area (Å²) in [5, 5.41) is 0. The molecule has 1 aromatic rings. The third kappa shape index (κ3) is 2.91. The van der Waals surface area contributed by atoms with Crippen LogP contribution in [0.5, 0.6) is 5.75 Å². The van der Waals surface area contributed by atoms with Gasteiger partial charge in [-0.3, -0.25) is 4.79 Å². The Bertz CT molecular complexity index is 583. The fourth-order valence-electron chi connectivity index (χ4n) is 4.36. The van der Waals surface area contributed by atoms with Crippen LogP contribution in [0.3, 0.4) is 0 Å². The molecule has 0 N–H and O–H groups in total. The van der Waals surface area contributed by atoms with Gasteiger partial charge in [-0.1, -0.05) is 31.7 Å². The fraction of sp³-hybridized carbons (Fsp3) is 0.650. The molecule has 3 nitrogen and oxygen atoms in total. The molecular weight excluding hydrogens is 288 g/mol. The van der Waals surface area contributed by atoms with E-state index in [2.05, 4.69) is 6.07 Å². The van der Waals surface area contributed by atoms with E-state index in [1.807, 2.05) is 12.1 Å². The minimum atomic E-state index is -0.0973. The Morgan fingerprint density at radius 2 is 1.91 bits per heavy atom. The predicted molar refractivity (Wildman–Crippen MR) is 88.8 cm³/mol. The van der Waals surface area contributed by atoms with Crippen molar-refractivity contribution < 1.29 is 14.3 Å². The van der Waals surface area contributed by atoms with Gasteiger partial charge in [0.1, 0.15) is 5.75 Å². The van der Waals surface area contributed by atoms with Crippen LogP contribution in [0, 0.1) is 11.3 Å². The van der Waals surface area contributed by atoms with Crippen molar-refractivity contribution in [1.29, 1.82) is 0 Å². The van der Waals surface area contributed by atoms with Crippen LogP contribution in [-0.4, -0.2) is 19.2 Å². The van der Waals surface area contributed by atoms with Crippen LogP contribution in [0.25, 0.3) is 0 Å². The molecular formula is C20H26O3. The van der Waals surface area contributed by atoms with Gasteiger partial charge in [0.25, 0.3) is 0 Å². The predicted octanol–water partition coefficient (Wildman–Crippen LogP) is 4.53. The normalized spacial score (nSPS) is 22.9. The van der Waals surface area contributed by atoms with Crippen molar-refractivity contribution in [3.05, 3.63) is 29.3 Å². The Hall–Kier alpha value is -1.35. The highest BCUT2D eigenvalue weighted by Crippen LogP contribution is 2.47. The first-order valence-corrected chi connectivity index (χ1v) is 9.15. The molecule has 0 aliphatic heterocycles. The molecule has 124 valence electrons. The van der Waals surface area contributed by atoms with Gasteiger partial charge in [0.15, 0.2) is 12.6 Å². The Labute approximate surface area is 138 Å². The lowest BCUT2D eigenvalue weighted by Gasteiger charge is -2.31. The van der Waals surface area contributed by atoms with Crippen molar-refractivity contribution in [3.63, 3.8) is 0 Å². The van der Waals surface area contributed by atoms with Crippen molar-refractivity contribution in [3.8, 4) is 5.75 Å². The summed E-state index contributed by atoms with van der Waals surface area (Å²) >= 11 is 0. The summed E-state index contributed by atoms with van der Waals surface area (Å²) < 4.78 is 11.3. The molecule has 23 heavy (non-hydrogen) atoms. The number of fused-ring (bicyclic) bond motifs is 1. The van der Waals surface area contributed by atoms with Crippen molar-refractivity contribution >= 4 is 5.78 Å². The molecule has 0 atom stereocenters. The molecule has 2 saturated carbocycles. The highest BCUT2D eigenvalue weighted by atomic mass is 16.7. The molecule has 0 heterocycles. The van der Waals surface area contributed by atoms with Gasteiger partial charge in [0.2, 0.25) is 0 Å². The maximum Gasteiger partial charge on any atom is 0.189 e. The van der Waals surface area contributed by atoms with E-state index in [0.29, 0.717) is 5.78 Å². The lowest BCUT2D eigenvalue weighted by Crippen LogP contribution is -2.30. The molecule has 0 saturated heterocycles. The molecule has 2 fully saturated rings. The number of hydrogen-bond donors (Lipinski definition) is 0. The summed E-state index contributed by atoms with van der Waals surface area (Å²) in [5.41, 5.74) is 2.00. The van der Waals surface area contributed by atoms with E-state index in [1.54, 1.807) is 0 Å². The summed E-state index contributed by atoms with van der Waals surface area (Å²) in [7, 11) is 0. The summed E-state index contributed by atoms with van der Waals surface area (Å²) in [6.07, 6.45) is 10.6. The van der Waals surface area contributed by atoms with Crippen LogP contribution in [0.1, 0.15) is 67.3 Å². The lowest BCUT2D eigenvalue weighted by atomic mass is 9.71. The van der Waals surface area contributed by atoms with E-state index in [1.165, 1.54) is 44.1 Å². The van der Waals surface area contributed by atoms with Crippen molar-refractivity contribution in [2.24, 2.45) is 11.3 Å². The maximum absolute atomic E-state index is 12.9. The molecule has 1 aromatic carbocycles. The van der Waals surface area contributed by atoms with Gasteiger partial charge in [0.05, 0.1) is 6.61 Å². The van der Waals surface area contributed by atoms with Crippen LogP contribution < -0.4 is 4.74 Å². The zero-order valence-corrected chi connectivity index (χ0v) is 13.8. The van der Waals surface area contributed by atoms with Crippen LogP contribution in [0.2, 0.25) is 0 Å². The average molecular weight is 314 g/mol. The first-order chi connectivity index (χ1) is 11.3. The molecule has 0 radical (unpaired) electrons. The standard InChI is InChI=1S/C20H26O3/c21-19-18-11-17(23-14-22-13-15-5-4-6-15)8-7-16(18)12-20(19)9-2-1-3-10-20/h7-8,11,15H,1-6,9-10,12-14H2. The van der Waals surface area contributed by atoms with Crippen LogP contribution in [-0.2, 0) is 11.2 Å². The minimum absolute atomic E-state index is 0.0973. The quantitative estimate of drug-likeness (QED) is 0.592. The zero-order valence-electron chi connectivity index (χ0n) is 13.8. The summed E-state index contributed by atoms with van der Waals surface area (Å²) in [6.45, 7) is 1.08. The molecule has 0 aromatic heterocycles. The minimum Gasteiger partial charge on any atom is -0.468 e. The van der Waals surface area contributed by atoms with Gasteiger partial charge in [0, 0.05) is 11.0 Å². The van der Waals surface area contributed by atoms with Crippen molar-refractivity contribution in [2.75, 3.05) is 13.4 Å². The van der Waals surface area contributed by atoms with Gasteiger partial charge in [-0.05, 0) is 55.7 Å². The van der Waals surface area contributed by atoms with Crippen molar-refractivity contribution in [2.45, 2.75) is 57.8 Å². The second-order valence-electron chi connectivity index (χ2n) is 7.60. The molecule has 3 heteroatoms. The molecule has 0 unspecified atom stereocenters. The SMILES string of the molecule is O=C1c2cc(OCOCC3CCC3)ccc2CC12CCCCC2. The van der Waals surface area contributed by atoms with Gasteiger partial charge in [-0.25, -0.2) is 0 Å².